The van der Waals surface area contributed by atoms with E-state index in [1.165, 1.54) is 10.6 Å². The molecule has 0 unspecified atom stereocenters. The van der Waals surface area contributed by atoms with E-state index in [-0.39, 0.29) is 11.5 Å². The van der Waals surface area contributed by atoms with Crippen LogP contribution in [0.5, 0.6) is 0 Å². The summed E-state index contributed by atoms with van der Waals surface area (Å²) in [5.41, 5.74) is 3.07. The van der Waals surface area contributed by atoms with Crippen molar-refractivity contribution in [1.29, 1.82) is 0 Å². The average Bonchev–Trinajstić information content (AvgIpc) is 2.38. The molecule has 0 atom stereocenters. The molecular formula is C15H16N2O2. The second kappa shape index (κ2) is 5.10. The summed E-state index contributed by atoms with van der Waals surface area (Å²) in [4.78, 5) is 23.6. The Bertz CT molecular complexity index is 687. The van der Waals surface area contributed by atoms with Gasteiger partial charge in [0, 0.05) is 30.6 Å². The van der Waals surface area contributed by atoms with E-state index in [1.807, 2.05) is 32.0 Å². The summed E-state index contributed by atoms with van der Waals surface area (Å²) >= 11 is 0. The molecule has 0 saturated carbocycles. The maximum atomic E-state index is 12.1. The third-order valence-corrected chi connectivity index (χ3v) is 3.22. The fourth-order valence-corrected chi connectivity index (χ4v) is 1.77. The van der Waals surface area contributed by atoms with Gasteiger partial charge in [0.15, 0.2) is 0 Å². The molecule has 98 valence electrons. The fourth-order valence-electron chi connectivity index (χ4n) is 1.77. The zero-order valence-electron chi connectivity index (χ0n) is 11.2. The first kappa shape index (κ1) is 13.1. The minimum Gasteiger partial charge on any atom is -0.322 e. The third kappa shape index (κ3) is 2.73. The van der Waals surface area contributed by atoms with Crippen molar-refractivity contribution in [2.45, 2.75) is 13.8 Å². The number of pyridine rings is 1. The topological polar surface area (TPSA) is 51.1 Å². The van der Waals surface area contributed by atoms with E-state index in [0.29, 0.717) is 5.56 Å². The summed E-state index contributed by atoms with van der Waals surface area (Å²) in [7, 11) is 1.65. The van der Waals surface area contributed by atoms with Gasteiger partial charge in [-0.15, -0.1) is 0 Å². The fraction of sp³-hybridized carbons (Fsp3) is 0.200. The van der Waals surface area contributed by atoms with E-state index in [0.717, 1.165) is 16.8 Å². The highest BCUT2D eigenvalue weighted by Crippen LogP contribution is 2.18. The normalized spacial score (nSPS) is 10.3. The molecule has 1 amide bonds. The lowest BCUT2D eigenvalue weighted by Crippen LogP contribution is -2.20. The highest BCUT2D eigenvalue weighted by atomic mass is 16.2. The van der Waals surface area contributed by atoms with Crippen molar-refractivity contribution in [3.8, 4) is 0 Å². The number of aromatic nitrogens is 1. The molecule has 0 spiro atoms. The molecule has 0 radical (unpaired) electrons. The first-order chi connectivity index (χ1) is 8.99. The van der Waals surface area contributed by atoms with Crippen molar-refractivity contribution in [3.05, 3.63) is 63.6 Å². The third-order valence-electron chi connectivity index (χ3n) is 3.22. The largest absolute Gasteiger partial charge is 0.322 e. The molecule has 1 heterocycles. The predicted octanol–water partition coefficient (Wildman–Crippen LogP) is 2.25. The van der Waals surface area contributed by atoms with Crippen LogP contribution < -0.4 is 10.9 Å². The average molecular weight is 256 g/mol. The van der Waals surface area contributed by atoms with E-state index in [9.17, 15) is 9.59 Å². The SMILES string of the molecule is Cc1cccc(NC(=O)c2ccn(C)c(=O)c2)c1C. The van der Waals surface area contributed by atoms with Gasteiger partial charge >= 0.3 is 0 Å². The molecule has 4 nitrogen and oxygen atoms in total. The quantitative estimate of drug-likeness (QED) is 0.896. The van der Waals surface area contributed by atoms with Crippen LogP contribution in [-0.4, -0.2) is 10.5 Å². The van der Waals surface area contributed by atoms with Crippen molar-refractivity contribution in [2.75, 3.05) is 5.32 Å². The molecule has 1 aromatic heterocycles. The standard InChI is InChI=1S/C15H16N2O2/c1-10-5-4-6-13(11(10)2)16-15(19)12-7-8-17(3)14(18)9-12/h4-9H,1-3H3,(H,16,19). The van der Waals surface area contributed by atoms with E-state index in [4.69, 9.17) is 0 Å². The lowest BCUT2D eigenvalue weighted by molar-refractivity contribution is 0.102. The summed E-state index contributed by atoms with van der Waals surface area (Å²) < 4.78 is 1.43. The van der Waals surface area contributed by atoms with Gasteiger partial charge in [0.25, 0.3) is 11.5 Å². The van der Waals surface area contributed by atoms with Gasteiger partial charge in [-0.25, -0.2) is 0 Å². The number of anilines is 1. The summed E-state index contributed by atoms with van der Waals surface area (Å²) in [5, 5.41) is 2.83. The van der Waals surface area contributed by atoms with E-state index in [2.05, 4.69) is 5.32 Å². The minimum absolute atomic E-state index is 0.200. The van der Waals surface area contributed by atoms with Crippen LogP contribution in [0.3, 0.4) is 0 Å². The maximum absolute atomic E-state index is 12.1. The lowest BCUT2D eigenvalue weighted by Gasteiger charge is -2.10. The smallest absolute Gasteiger partial charge is 0.255 e. The second-order valence-electron chi connectivity index (χ2n) is 4.57. The Morgan fingerprint density at radius 3 is 2.63 bits per heavy atom. The molecule has 4 heteroatoms. The maximum Gasteiger partial charge on any atom is 0.255 e. The zero-order chi connectivity index (χ0) is 14.0. The molecular weight excluding hydrogens is 240 g/mol. The number of rotatable bonds is 2. The van der Waals surface area contributed by atoms with Gasteiger partial charge in [0.1, 0.15) is 0 Å². The number of nitrogens with one attached hydrogen (secondary N) is 1. The van der Waals surface area contributed by atoms with Gasteiger partial charge < -0.3 is 9.88 Å². The number of carbonyl (C=O) groups excluding carboxylic acids is 1. The van der Waals surface area contributed by atoms with Crippen molar-refractivity contribution < 1.29 is 4.79 Å². The Hall–Kier alpha value is -2.36. The van der Waals surface area contributed by atoms with Gasteiger partial charge in [0.2, 0.25) is 0 Å². The molecule has 19 heavy (non-hydrogen) atoms. The van der Waals surface area contributed by atoms with Crippen LogP contribution in [0.1, 0.15) is 21.5 Å². The monoisotopic (exact) mass is 256 g/mol. The summed E-state index contributed by atoms with van der Waals surface area (Å²) in [6, 6.07) is 8.69. The molecule has 2 aromatic rings. The Balaban J connectivity index is 2.28. The molecule has 0 aliphatic carbocycles. The molecule has 0 fully saturated rings. The number of hydrogen-bond acceptors (Lipinski definition) is 2. The van der Waals surface area contributed by atoms with Crippen molar-refractivity contribution in [3.63, 3.8) is 0 Å². The summed E-state index contributed by atoms with van der Waals surface area (Å²) in [5.74, 6) is -0.272. The van der Waals surface area contributed by atoms with Crippen LogP contribution >= 0.6 is 0 Å². The molecule has 0 bridgehead atoms. The zero-order valence-corrected chi connectivity index (χ0v) is 11.2. The van der Waals surface area contributed by atoms with Crippen LogP contribution in [0.25, 0.3) is 0 Å². The second-order valence-corrected chi connectivity index (χ2v) is 4.57. The number of aryl methyl sites for hydroxylation is 2. The van der Waals surface area contributed by atoms with E-state index >= 15 is 0 Å². The van der Waals surface area contributed by atoms with Crippen LogP contribution in [0.4, 0.5) is 5.69 Å². The highest BCUT2D eigenvalue weighted by molar-refractivity contribution is 6.04. The molecule has 1 aromatic carbocycles. The van der Waals surface area contributed by atoms with Crippen molar-refractivity contribution >= 4 is 11.6 Å². The van der Waals surface area contributed by atoms with Crippen LogP contribution in [-0.2, 0) is 7.05 Å². The Kier molecular flexibility index (Phi) is 3.51. The van der Waals surface area contributed by atoms with Gasteiger partial charge in [-0.3, -0.25) is 9.59 Å². The lowest BCUT2D eigenvalue weighted by atomic mass is 10.1. The first-order valence-corrected chi connectivity index (χ1v) is 6.03. The van der Waals surface area contributed by atoms with Gasteiger partial charge in [-0.1, -0.05) is 12.1 Å². The van der Waals surface area contributed by atoms with Crippen molar-refractivity contribution in [1.82, 2.24) is 4.57 Å². The molecule has 2 rings (SSSR count). The first-order valence-electron chi connectivity index (χ1n) is 6.03. The highest BCUT2D eigenvalue weighted by Gasteiger charge is 2.09. The van der Waals surface area contributed by atoms with Gasteiger partial charge in [-0.2, -0.15) is 0 Å². The Labute approximate surface area is 111 Å². The molecule has 0 aliphatic rings. The van der Waals surface area contributed by atoms with Crippen LogP contribution in [0.2, 0.25) is 0 Å². The van der Waals surface area contributed by atoms with Crippen LogP contribution in [0, 0.1) is 13.8 Å². The van der Waals surface area contributed by atoms with E-state index in [1.54, 1.807) is 19.3 Å². The molecule has 0 saturated heterocycles. The number of nitrogens with zero attached hydrogens (tertiary/aromatic N) is 1. The van der Waals surface area contributed by atoms with Crippen LogP contribution in [0.15, 0.2) is 41.3 Å². The minimum atomic E-state index is -0.272. The number of benzene rings is 1. The number of hydrogen-bond donors (Lipinski definition) is 1. The number of carbonyl (C=O) groups is 1. The Morgan fingerprint density at radius 2 is 1.95 bits per heavy atom. The summed E-state index contributed by atoms with van der Waals surface area (Å²) in [6.45, 7) is 3.94. The molecule has 1 N–H and O–H groups in total. The Morgan fingerprint density at radius 1 is 1.21 bits per heavy atom. The van der Waals surface area contributed by atoms with Crippen molar-refractivity contribution in [2.24, 2.45) is 7.05 Å². The van der Waals surface area contributed by atoms with E-state index < -0.39 is 0 Å². The predicted molar refractivity (Wildman–Crippen MR) is 75.6 cm³/mol. The number of amides is 1. The summed E-state index contributed by atoms with van der Waals surface area (Å²) in [6.07, 6.45) is 1.58. The molecule has 0 aliphatic heterocycles. The van der Waals surface area contributed by atoms with Gasteiger partial charge in [-0.05, 0) is 37.1 Å². The van der Waals surface area contributed by atoms with Gasteiger partial charge in [0.05, 0.1) is 0 Å².